The summed E-state index contributed by atoms with van der Waals surface area (Å²) in [6.07, 6.45) is 0. The van der Waals surface area contributed by atoms with Crippen molar-refractivity contribution >= 4 is 195 Å². The first-order valence-corrected chi connectivity index (χ1v) is 51.8. The summed E-state index contributed by atoms with van der Waals surface area (Å²) in [5.74, 6) is 0. The van der Waals surface area contributed by atoms with Crippen LogP contribution in [0.5, 0.6) is 0 Å². The number of benzene rings is 26. The van der Waals surface area contributed by atoms with Crippen LogP contribution >= 0.6 is 0 Å². The summed E-state index contributed by atoms with van der Waals surface area (Å²) in [6.45, 7) is 0. The van der Waals surface area contributed by atoms with Crippen LogP contribution in [0.3, 0.4) is 0 Å². The highest BCUT2D eigenvalue weighted by atomic mass is 15.0. The van der Waals surface area contributed by atoms with Crippen LogP contribution in [0.2, 0.25) is 0 Å². The van der Waals surface area contributed by atoms with Gasteiger partial charge in [-0.25, -0.2) is 0 Å². The average Bonchev–Trinajstić information content (AvgIpc) is 1.53. The van der Waals surface area contributed by atoms with Crippen molar-refractivity contribution in [1.29, 1.82) is 0 Å². The molecule has 0 amide bonds. The molecule has 0 atom stereocenters. The van der Waals surface area contributed by atoms with Crippen LogP contribution in [0.15, 0.2) is 558 Å². The first-order valence-electron chi connectivity index (χ1n) is 51.8. The van der Waals surface area contributed by atoms with E-state index >= 15 is 0 Å². The normalized spacial score (nSPS) is 11.9. The van der Waals surface area contributed by atoms with Gasteiger partial charge in [0.15, 0.2) is 0 Å². The molecular weight excluding hydrogens is 1810 g/mol. The zero-order valence-corrected chi connectivity index (χ0v) is 81.8. The van der Waals surface area contributed by atoms with Crippen LogP contribution in [0.1, 0.15) is 0 Å². The SMILES string of the molecule is c1ccc(-c2cccc(-n3c4ccc5ccccc5c4c4c5ccccc5c5c(c6ccccc6n5-c5ccccc5)c43)c2)cc1.c1ccc(-c2cccc(-n3c4ccccc4c4c3c3ccccc3c3c5cc6ccccc6cc5n(-c5cccc(-c6ccccc6)c5)c34)c2)cc1.c1ccc(-c2cccc(-n3c4ccccc4c4c3c3ccccc3c3c5ccc6ccccc6c5n(-c5cccc(-c6ccccc6)c5)c34)c2)cc1. The Kier molecular flexibility index (Phi) is 20.0. The Morgan fingerprint density at radius 2 is 0.353 bits per heavy atom. The van der Waals surface area contributed by atoms with Gasteiger partial charge in [-0.15, -0.1) is 0 Å². The molecule has 0 aliphatic heterocycles. The summed E-state index contributed by atoms with van der Waals surface area (Å²) >= 11 is 0. The number of hydrogen-bond donors (Lipinski definition) is 0. The van der Waals surface area contributed by atoms with Gasteiger partial charge >= 0.3 is 0 Å². The predicted molar refractivity (Wildman–Crippen MR) is 638 cm³/mol. The first-order chi connectivity index (χ1) is 74.5. The van der Waals surface area contributed by atoms with Crippen LogP contribution in [0.4, 0.5) is 0 Å². The Labute approximate surface area is 864 Å². The minimum absolute atomic E-state index is 1.15. The van der Waals surface area contributed by atoms with Crippen LogP contribution < -0.4 is 0 Å². The lowest BCUT2D eigenvalue weighted by Crippen LogP contribution is -1.97. The van der Waals surface area contributed by atoms with Crippen molar-refractivity contribution < 1.29 is 0 Å². The van der Waals surface area contributed by atoms with Gasteiger partial charge in [-0.05, 0) is 208 Å². The molecule has 0 aliphatic carbocycles. The van der Waals surface area contributed by atoms with E-state index in [9.17, 15) is 0 Å². The number of aromatic nitrogens is 6. The minimum atomic E-state index is 1.15. The van der Waals surface area contributed by atoms with Crippen LogP contribution in [0, 0.1) is 0 Å². The van der Waals surface area contributed by atoms with Crippen LogP contribution in [0.25, 0.3) is 285 Å². The molecule has 0 spiro atoms. The molecule has 6 heterocycles. The van der Waals surface area contributed by atoms with Crippen molar-refractivity contribution in [1.82, 2.24) is 27.4 Å². The Balaban J connectivity index is 0.000000104. The van der Waals surface area contributed by atoms with Gasteiger partial charge in [0.25, 0.3) is 0 Å². The van der Waals surface area contributed by atoms with E-state index < -0.39 is 0 Å². The zero-order chi connectivity index (χ0) is 98.5. The molecule has 0 aliphatic rings. The van der Waals surface area contributed by atoms with Crippen molar-refractivity contribution in [3.8, 4) is 89.8 Å². The van der Waals surface area contributed by atoms with Gasteiger partial charge in [-0.1, -0.05) is 449 Å². The summed E-state index contributed by atoms with van der Waals surface area (Å²) in [4.78, 5) is 0. The molecule has 0 fully saturated rings. The molecule has 32 rings (SSSR count). The maximum atomic E-state index is 2.56. The fraction of sp³-hybridized carbons (Fsp3) is 0. The van der Waals surface area contributed by atoms with E-state index in [2.05, 4.69) is 586 Å². The molecule has 150 heavy (non-hydrogen) atoms. The van der Waals surface area contributed by atoms with Gasteiger partial charge in [0, 0.05) is 120 Å². The lowest BCUT2D eigenvalue weighted by molar-refractivity contribution is 1.18. The first kappa shape index (κ1) is 85.6. The van der Waals surface area contributed by atoms with E-state index in [0.29, 0.717) is 0 Å². The van der Waals surface area contributed by atoms with E-state index in [4.69, 9.17) is 0 Å². The molecule has 6 heteroatoms. The largest absolute Gasteiger partial charge is 0.309 e. The third kappa shape index (κ3) is 13.5. The lowest BCUT2D eigenvalue weighted by atomic mass is 9.97. The average molecular weight is 1910 g/mol. The number of fused-ring (bicyclic) bond motifs is 35. The number of para-hydroxylation sites is 4. The fourth-order valence-electron chi connectivity index (χ4n) is 25.0. The summed E-state index contributed by atoms with van der Waals surface area (Å²) < 4.78 is 15.1. The van der Waals surface area contributed by atoms with Crippen molar-refractivity contribution in [2.75, 3.05) is 0 Å². The second-order valence-corrected chi connectivity index (χ2v) is 39.5. The molecule has 0 N–H and O–H groups in total. The molecule has 32 aromatic rings. The van der Waals surface area contributed by atoms with Crippen molar-refractivity contribution in [3.05, 3.63) is 558 Å². The monoisotopic (exact) mass is 1900 g/mol. The molecule has 6 aromatic heterocycles. The Bertz CT molecular complexity index is 11000. The molecule has 698 valence electrons. The van der Waals surface area contributed by atoms with Gasteiger partial charge in [0.1, 0.15) is 0 Å². The predicted octanol–water partition coefficient (Wildman–Crippen LogP) is 38.9. The van der Waals surface area contributed by atoms with Crippen molar-refractivity contribution in [3.63, 3.8) is 0 Å². The quantitative estimate of drug-likeness (QED) is 0.124. The fourth-order valence-corrected chi connectivity index (χ4v) is 25.0. The zero-order valence-electron chi connectivity index (χ0n) is 81.8. The number of hydrogen-bond acceptors (Lipinski definition) is 0. The van der Waals surface area contributed by atoms with Crippen LogP contribution in [-0.2, 0) is 0 Å². The minimum Gasteiger partial charge on any atom is -0.309 e. The smallest absolute Gasteiger partial charge is 0.0648 e. The van der Waals surface area contributed by atoms with Gasteiger partial charge in [-0.2, -0.15) is 0 Å². The van der Waals surface area contributed by atoms with E-state index in [1.165, 1.54) is 251 Å². The molecule has 0 unspecified atom stereocenters. The summed E-state index contributed by atoms with van der Waals surface area (Å²) in [6, 6.07) is 204. The third-order valence-electron chi connectivity index (χ3n) is 31.3. The molecular formula is C144H92N6. The molecule has 0 saturated carbocycles. The van der Waals surface area contributed by atoms with Crippen molar-refractivity contribution in [2.24, 2.45) is 0 Å². The topological polar surface area (TPSA) is 29.6 Å². The van der Waals surface area contributed by atoms with Gasteiger partial charge in [0.2, 0.25) is 0 Å². The van der Waals surface area contributed by atoms with E-state index in [0.717, 1.165) is 34.1 Å². The van der Waals surface area contributed by atoms with E-state index in [1.807, 2.05) is 0 Å². The molecule has 26 aromatic carbocycles. The second kappa shape index (κ2) is 35.0. The third-order valence-corrected chi connectivity index (χ3v) is 31.3. The summed E-state index contributed by atoms with van der Waals surface area (Å²) in [7, 11) is 0. The Morgan fingerprint density at radius 3 is 0.760 bits per heavy atom. The second-order valence-electron chi connectivity index (χ2n) is 39.5. The Hall–Kier alpha value is -19.9. The van der Waals surface area contributed by atoms with E-state index in [1.54, 1.807) is 0 Å². The molecule has 6 nitrogen and oxygen atoms in total. The van der Waals surface area contributed by atoms with Gasteiger partial charge < -0.3 is 27.4 Å². The number of rotatable bonds is 11. The Morgan fingerprint density at radius 1 is 0.0933 bits per heavy atom. The van der Waals surface area contributed by atoms with Crippen LogP contribution in [-0.4, -0.2) is 27.4 Å². The van der Waals surface area contributed by atoms with Gasteiger partial charge in [-0.3, -0.25) is 0 Å². The van der Waals surface area contributed by atoms with Crippen molar-refractivity contribution in [2.45, 2.75) is 0 Å². The van der Waals surface area contributed by atoms with Gasteiger partial charge in [0.05, 0.1) is 66.2 Å². The highest BCUT2D eigenvalue weighted by Crippen LogP contribution is 2.54. The molecule has 0 bridgehead atoms. The molecule has 0 saturated heterocycles. The highest BCUT2D eigenvalue weighted by molar-refractivity contribution is 6.42. The summed E-state index contributed by atoms with van der Waals surface area (Å²) in [5.41, 5.74) is 33.6. The number of nitrogens with zero attached hydrogens (tertiary/aromatic N) is 6. The standard InChI is InChI=1S/2C50H32N2.C44H28N2/c1-3-15-33(16-4-1)36-20-13-22-38(31-36)51-45-28-12-11-27-43(45)47-49(51)42-26-10-9-25-41(42)46-44-30-29-35-19-7-8-24-40(35)48(44)52(50(46)47)39-23-14-21-37(32-39)34-17-5-2-6-18-34;1-3-15-33(16-4-1)35-21-13-23-39(29-35)51-45-28-12-11-27-43(45)48-49(51)42-26-10-9-25-41(42)47-44-31-37-19-7-8-20-38(37)32-46(44)52(50(47)48)40-24-14-22-36(30-40)34-17-5-2-6-18-34;1-3-14-29(15-4-1)31-17-13-20-33(28-31)46-39-27-26-30-16-7-8-21-34(30)40(39)41-35-22-9-10-23-36(35)43-42(44(41)46)37-24-11-12-25-38(37)45(43)32-18-5-2-6-19-32/h2*1-32H;1-28H. The summed E-state index contributed by atoms with van der Waals surface area (Å²) in [5, 5.41) is 30.3. The maximum absolute atomic E-state index is 2.56. The maximum Gasteiger partial charge on any atom is 0.0648 e. The lowest BCUT2D eigenvalue weighted by Gasteiger charge is -2.14. The highest BCUT2D eigenvalue weighted by Gasteiger charge is 2.31. The van der Waals surface area contributed by atoms with E-state index in [-0.39, 0.29) is 0 Å². The molecule has 0 radical (unpaired) electrons.